The average molecular weight is 213 g/mol. The van der Waals surface area contributed by atoms with Gasteiger partial charge in [-0.05, 0) is 20.3 Å². The Morgan fingerprint density at radius 3 is 2.33 bits per heavy atom. The van der Waals surface area contributed by atoms with Crippen LogP contribution in [0, 0.1) is 0 Å². The minimum Gasteiger partial charge on any atom is -0.462 e. The number of amides is 2. The maximum Gasteiger partial charge on any atom is 0.326 e. The van der Waals surface area contributed by atoms with E-state index in [0.29, 0.717) is 19.3 Å². The third kappa shape index (κ3) is 3.34. The van der Waals surface area contributed by atoms with Crippen LogP contribution >= 0.6 is 0 Å². The van der Waals surface area contributed by atoms with Crippen molar-refractivity contribution in [3.05, 3.63) is 0 Å². The molecule has 0 N–H and O–H groups in total. The maximum atomic E-state index is 11.3. The van der Waals surface area contributed by atoms with E-state index >= 15 is 0 Å². The Kier molecular flexibility index (Phi) is 3.82. The van der Waals surface area contributed by atoms with Crippen LogP contribution in [0.2, 0.25) is 0 Å². The summed E-state index contributed by atoms with van der Waals surface area (Å²) in [7, 11) is 0. The van der Waals surface area contributed by atoms with Crippen LogP contribution in [0.3, 0.4) is 0 Å². The molecule has 1 aliphatic rings. The molecule has 1 rings (SSSR count). The number of carbonyl (C=O) groups excluding carboxylic acids is 3. The molecule has 0 unspecified atom stereocenters. The van der Waals surface area contributed by atoms with Gasteiger partial charge in [-0.25, -0.2) is 0 Å². The molecule has 0 atom stereocenters. The fourth-order valence-corrected chi connectivity index (χ4v) is 1.41. The van der Waals surface area contributed by atoms with E-state index < -0.39 is 5.97 Å². The molecule has 15 heavy (non-hydrogen) atoms. The topological polar surface area (TPSA) is 63.7 Å². The van der Waals surface area contributed by atoms with Crippen molar-refractivity contribution in [2.24, 2.45) is 0 Å². The lowest BCUT2D eigenvalue weighted by Crippen LogP contribution is -2.43. The normalized spacial score (nSPS) is 17.1. The molecule has 0 aromatic rings. The van der Waals surface area contributed by atoms with Crippen molar-refractivity contribution in [2.75, 3.05) is 6.54 Å². The zero-order chi connectivity index (χ0) is 11.4. The monoisotopic (exact) mass is 213 g/mol. The average Bonchev–Trinajstić information content (AvgIpc) is 2.10. The van der Waals surface area contributed by atoms with Gasteiger partial charge < -0.3 is 4.74 Å². The number of nitrogens with zero attached hydrogens (tertiary/aromatic N) is 1. The van der Waals surface area contributed by atoms with E-state index in [4.69, 9.17) is 4.74 Å². The summed E-state index contributed by atoms with van der Waals surface area (Å²) in [6, 6.07) is 0. The van der Waals surface area contributed by atoms with Crippen molar-refractivity contribution in [2.45, 2.75) is 39.2 Å². The number of hydrogen-bond donors (Lipinski definition) is 0. The molecule has 1 heterocycles. The Morgan fingerprint density at radius 2 is 1.87 bits per heavy atom. The molecule has 1 aliphatic heterocycles. The van der Waals surface area contributed by atoms with E-state index in [2.05, 4.69) is 0 Å². The van der Waals surface area contributed by atoms with Gasteiger partial charge in [-0.3, -0.25) is 19.3 Å². The number of rotatable bonds is 3. The van der Waals surface area contributed by atoms with E-state index in [1.54, 1.807) is 13.8 Å². The van der Waals surface area contributed by atoms with Crippen LogP contribution in [0.15, 0.2) is 0 Å². The fourth-order valence-electron chi connectivity index (χ4n) is 1.41. The van der Waals surface area contributed by atoms with Crippen molar-refractivity contribution in [3.63, 3.8) is 0 Å². The predicted molar refractivity (Wildman–Crippen MR) is 51.8 cm³/mol. The Morgan fingerprint density at radius 1 is 1.33 bits per heavy atom. The highest BCUT2D eigenvalue weighted by Gasteiger charge is 2.28. The summed E-state index contributed by atoms with van der Waals surface area (Å²) in [6.45, 7) is 3.19. The molecule has 2 amide bonds. The van der Waals surface area contributed by atoms with Gasteiger partial charge in [-0.15, -0.1) is 0 Å². The second-order valence-corrected chi connectivity index (χ2v) is 3.77. The number of likely N-dealkylation sites (tertiary alicyclic amines) is 1. The molecule has 0 spiro atoms. The maximum absolute atomic E-state index is 11.3. The smallest absolute Gasteiger partial charge is 0.326 e. The molecule has 0 bridgehead atoms. The first kappa shape index (κ1) is 11.7. The second kappa shape index (κ2) is 4.91. The van der Waals surface area contributed by atoms with Crippen molar-refractivity contribution in [3.8, 4) is 0 Å². The van der Waals surface area contributed by atoms with Crippen molar-refractivity contribution < 1.29 is 19.1 Å². The lowest BCUT2D eigenvalue weighted by Gasteiger charge is -2.24. The number of esters is 1. The zero-order valence-corrected chi connectivity index (χ0v) is 8.99. The fraction of sp³-hybridized carbons (Fsp3) is 0.700. The summed E-state index contributed by atoms with van der Waals surface area (Å²) in [4.78, 5) is 34.9. The zero-order valence-electron chi connectivity index (χ0n) is 8.99. The number of carbonyl (C=O) groups is 3. The van der Waals surface area contributed by atoms with Crippen LogP contribution in [0.5, 0.6) is 0 Å². The molecular formula is C10H15NO4. The summed E-state index contributed by atoms with van der Waals surface area (Å²) in [6.07, 6.45) is 1.02. The Bertz CT molecular complexity index is 269. The van der Waals surface area contributed by atoms with Gasteiger partial charge in [0.2, 0.25) is 11.8 Å². The number of ether oxygens (including phenoxy) is 1. The molecule has 0 radical (unpaired) electrons. The molecule has 5 heteroatoms. The van der Waals surface area contributed by atoms with Gasteiger partial charge in [0.25, 0.3) is 0 Å². The summed E-state index contributed by atoms with van der Waals surface area (Å²) in [5.74, 6) is -1.10. The van der Waals surface area contributed by atoms with Gasteiger partial charge in [0.05, 0.1) is 6.10 Å². The van der Waals surface area contributed by atoms with Gasteiger partial charge in [0.1, 0.15) is 6.54 Å². The van der Waals surface area contributed by atoms with Gasteiger partial charge in [0, 0.05) is 12.8 Å². The molecular weight excluding hydrogens is 198 g/mol. The van der Waals surface area contributed by atoms with E-state index in [-0.39, 0.29) is 24.5 Å². The Labute approximate surface area is 88.4 Å². The Balaban J connectivity index is 2.51. The van der Waals surface area contributed by atoms with E-state index in [9.17, 15) is 14.4 Å². The highest BCUT2D eigenvalue weighted by molar-refractivity contribution is 6.00. The van der Waals surface area contributed by atoms with Crippen LogP contribution in [-0.4, -0.2) is 35.3 Å². The van der Waals surface area contributed by atoms with E-state index in [0.717, 1.165) is 4.90 Å². The van der Waals surface area contributed by atoms with E-state index in [1.807, 2.05) is 0 Å². The van der Waals surface area contributed by atoms with Crippen LogP contribution in [-0.2, 0) is 19.1 Å². The predicted octanol–water partition coefficient (Wildman–Crippen LogP) is 0.477. The van der Waals surface area contributed by atoms with Gasteiger partial charge in [0.15, 0.2) is 0 Å². The van der Waals surface area contributed by atoms with Gasteiger partial charge in [-0.2, -0.15) is 0 Å². The Hall–Kier alpha value is -1.39. The summed E-state index contributed by atoms with van der Waals surface area (Å²) in [5.41, 5.74) is 0. The quantitative estimate of drug-likeness (QED) is 0.505. The van der Waals surface area contributed by atoms with Crippen molar-refractivity contribution >= 4 is 17.8 Å². The minimum absolute atomic E-state index is 0.229. The second-order valence-electron chi connectivity index (χ2n) is 3.77. The third-order valence-electron chi connectivity index (χ3n) is 2.04. The number of piperidine rings is 1. The SMILES string of the molecule is CC(C)OC(=O)CN1C(=O)CCCC1=O. The standard InChI is InChI=1S/C10H15NO4/c1-7(2)15-10(14)6-11-8(12)4-3-5-9(11)13/h7H,3-6H2,1-2H3. The van der Waals surface area contributed by atoms with Crippen LogP contribution < -0.4 is 0 Å². The van der Waals surface area contributed by atoms with Crippen molar-refractivity contribution in [1.29, 1.82) is 0 Å². The number of imide groups is 1. The first-order valence-corrected chi connectivity index (χ1v) is 5.03. The summed E-state index contributed by atoms with van der Waals surface area (Å²) < 4.78 is 4.86. The highest BCUT2D eigenvalue weighted by Crippen LogP contribution is 2.11. The lowest BCUT2D eigenvalue weighted by atomic mass is 10.1. The molecule has 0 aliphatic carbocycles. The largest absolute Gasteiger partial charge is 0.462 e. The molecule has 1 fully saturated rings. The third-order valence-corrected chi connectivity index (χ3v) is 2.04. The first-order chi connectivity index (χ1) is 7.00. The summed E-state index contributed by atoms with van der Waals surface area (Å²) in [5, 5.41) is 0. The molecule has 0 aromatic carbocycles. The number of hydrogen-bond acceptors (Lipinski definition) is 4. The minimum atomic E-state index is -0.534. The highest BCUT2D eigenvalue weighted by atomic mass is 16.5. The molecule has 84 valence electrons. The van der Waals surface area contributed by atoms with Crippen molar-refractivity contribution in [1.82, 2.24) is 4.90 Å². The lowest BCUT2D eigenvalue weighted by molar-refractivity contribution is -0.159. The molecule has 0 saturated carbocycles. The van der Waals surface area contributed by atoms with Crippen LogP contribution in [0.1, 0.15) is 33.1 Å². The van der Waals surface area contributed by atoms with Gasteiger partial charge >= 0.3 is 5.97 Å². The first-order valence-electron chi connectivity index (χ1n) is 5.03. The van der Waals surface area contributed by atoms with Crippen LogP contribution in [0.25, 0.3) is 0 Å². The molecule has 5 nitrogen and oxygen atoms in total. The van der Waals surface area contributed by atoms with Gasteiger partial charge in [-0.1, -0.05) is 0 Å². The molecule has 1 saturated heterocycles. The van der Waals surface area contributed by atoms with Crippen LogP contribution in [0.4, 0.5) is 0 Å². The molecule has 0 aromatic heterocycles. The van der Waals surface area contributed by atoms with E-state index in [1.165, 1.54) is 0 Å². The summed E-state index contributed by atoms with van der Waals surface area (Å²) >= 11 is 0.